The molecule has 0 saturated carbocycles. The van der Waals surface area contributed by atoms with E-state index >= 15 is 0 Å². The highest BCUT2D eigenvalue weighted by molar-refractivity contribution is 6.09. The van der Waals surface area contributed by atoms with Crippen LogP contribution < -0.4 is 16.0 Å². The minimum atomic E-state index is -1.60. The summed E-state index contributed by atoms with van der Waals surface area (Å²) < 4.78 is 11.3. The van der Waals surface area contributed by atoms with E-state index in [2.05, 4.69) is 40.2 Å². The molecular formula is C44H47N3O6. The zero-order chi connectivity index (χ0) is 38.2. The second kappa shape index (κ2) is 14.0. The number of hydrogen-bond acceptors (Lipinski definition) is 6. The fourth-order valence-electron chi connectivity index (χ4n) is 6.85. The SMILES string of the molecule is CC(C)(C)OC(=O)C(C)(C)NC(=O)C(C)(C)NC(=O)C1(NC(=O)OCc2ccccc2)Cc2ccc3ccccc3c2-c2c(ccc3ccccc23)C1. The molecule has 0 unspecified atom stereocenters. The number of fused-ring (bicyclic) bond motifs is 7. The third kappa shape index (κ3) is 7.89. The van der Waals surface area contributed by atoms with E-state index in [1.54, 1.807) is 48.5 Å². The maximum Gasteiger partial charge on any atom is 0.408 e. The van der Waals surface area contributed by atoms with E-state index in [0.29, 0.717) is 0 Å². The zero-order valence-corrected chi connectivity index (χ0v) is 31.4. The summed E-state index contributed by atoms with van der Waals surface area (Å²) in [6.07, 6.45) is -0.573. The van der Waals surface area contributed by atoms with Gasteiger partial charge in [0.15, 0.2) is 0 Å². The molecule has 0 saturated heterocycles. The van der Waals surface area contributed by atoms with Gasteiger partial charge in [-0.3, -0.25) is 9.59 Å². The first-order valence-corrected chi connectivity index (χ1v) is 17.9. The molecule has 1 aliphatic carbocycles. The number of nitrogens with one attached hydrogen (secondary N) is 3. The highest BCUT2D eigenvalue weighted by Gasteiger charge is 2.47. The van der Waals surface area contributed by atoms with Gasteiger partial charge in [-0.25, -0.2) is 9.59 Å². The van der Waals surface area contributed by atoms with Crippen LogP contribution in [0.2, 0.25) is 0 Å². The smallest absolute Gasteiger partial charge is 0.408 e. The summed E-state index contributed by atoms with van der Waals surface area (Å²) in [6, 6.07) is 33.6. The van der Waals surface area contributed by atoms with Crippen LogP contribution in [0.3, 0.4) is 0 Å². The molecule has 6 rings (SSSR count). The summed E-state index contributed by atoms with van der Waals surface area (Å²) in [7, 11) is 0. The lowest BCUT2D eigenvalue weighted by Crippen LogP contribution is -2.68. The molecule has 3 N–H and O–H groups in total. The molecule has 274 valence electrons. The van der Waals surface area contributed by atoms with Gasteiger partial charge in [-0.1, -0.05) is 103 Å². The number of amides is 3. The molecule has 1 aliphatic rings. The molecule has 0 fully saturated rings. The third-order valence-electron chi connectivity index (χ3n) is 9.58. The fourth-order valence-corrected chi connectivity index (χ4v) is 6.85. The van der Waals surface area contributed by atoms with Crippen LogP contribution in [0.15, 0.2) is 103 Å². The van der Waals surface area contributed by atoms with Gasteiger partial charge in [-0.2, -0.15) is 0 Å². The number of benzene rings is 5. The summed E-state index contributed by atoms with van der Waals surface area (Å²) in [5.41, 5.74) is -0.817. The van der Waals surface area contributed by atoms with Crippen LogP contribution in [0.1, 0.15) is 65.2 Å². The quantitative estimate of drug-likeness (QED) is 0.143. The van der Waals surface area contributed by atoms with Crippen LogP contribution >= 0.6 is 0 Å². The molecule has 0 radical (unpaired) electrons. The normalized spacial score (nSPS) is 13.9. The predicted octanol–water partition coefficient (Wildman–Crippen LogP) is 7.56. The molecule has 0 aliphatic heterocycles. The Morgan fingerprint density at radius 1 is 0.623 bits per heavy atom. The first-order valence-electron chi connectivity index (χ1n) is 17.9. The van der Waals surface area contributed by atoms with Crippen LogP contribution in [-0.4, -0.2) is 46.1 Å². The van der Waals surface area contributed by atoms with E-state index in [1.807, 2.05) is 78.9 Å². The third-order valence-corrected chi connectivity index (χ3v) is 9.58. The van der Waals surface area contributed by atoms with E-state index in [0.717, 1.165) is 49.4 Å². The molecule has 53 heavy (non-hydrogen) atoms. The standard InChI is InChI=1S/C44H47N3O6/c1-41(2,3)53-39(50)43(6,7)45-37(48)42(4,5)46-38(49)44(47-40(51)52-27-28-15-9-8-10-16-28)25-31-23-21-29-17-11-13-19-33(29)35(31)36-32(26-44)24-22-30-18-12-14-20-34(30)36/h8-24H,25-27H2,1-7H3,(H,45,48)(H,46,49)(H,47,51). The molecule has 5 aromatic carbocycles. The first-order chi connectivity index (χ1) is 25.0. The Labute approximate surface area is 310 Å². The molecule has 0 atom stereocenters. The van der Waals surface area contributed by atoms with E-state index < -0.39 is 46.1 Å². The van der Waals surface area contributed by atoms with Crippen LogP contribution in [0.5, 0.6) is 0 Å². The van der Waals surface area contributed by atoms with Gasteiger partial charge in [0.1, 0.15) is 28.8 Å². The average Bonchev–Trinajstić information content (AvgIpc) is 3.25. The number of rotatable bonds is 8. The molecule has 9 nitrogen and oxygen atoms in total. The van der Waals surface area contributed by atoms with Gasteiger partial charge < -0.3 is 25.4 Å². The van der Waals surface area contributed by atoms with Gasteiger partial charge in [-0.05, 0) is 97.8 Å². The molecule has 0 spiro atoms. The Morgan fingerprint density at radius 3 is 1.66 bits per heavy atom. The van der Waals surface area contributed by atoms with Crippen molar-refractivity contribution >= 4 is 45.4 Å². The Balaban J connectivity index is 1.43. The molecule has 3 amide bonds. The topological polar surface area (TPSA) is 123 Å². The Bertz CT molecular complexity index is 2130. The van der Waals surface area contributed by atoms with Crippen LogP contribution in [0.25, 0.3) is 32.7 Å². The number of alkyl carbamates (subject to hydrolysis) is 1. The Morgan fingerprint density at radius 2 is 1.13 bits per heavy atom. The van der Waals surface area contributed by atoms with Crippen molar-refractivity contribution in [2.24, 2.45) is 0 Å². The van der Waals surface area contributed by atoms with Gasteiger partial charge >= 0.3 is 12.1 Å². The monoisotopic (exact) mass is 713 g/mol. The molecule has 0 aromatic heterocycles. The van der Waals surface area contributed by atoms with Crippen molar-refractivity contribution in [2.75, 3.05) is 0 Å². The first kappa shape index (κ1) is 37.1. The molecule has 5 aromatic rings. The molecule has 0 bridgehead atoms. The minimum absolute atomic E-state index is 0.000465. The van der Waals surface area contributed by atoms with Crippen molar-refractivity contribution in [1.82, 2.24) is 16.0 Å². The van der Waals surface area contributed by atoms with Crippen molar-refractivity contribution in [3.8, 4) is 11.1 Å². The Hall–Kier alpha value is -5.70. The number of esters is 1. The maximum atomic E-state index is 15.0. The largest absolute Gasteiger partial charge is 0.458 e. The van der Waals surface area contributed by atoms with Gasteiger partial charge in [0.25, 0.3) is 0 Å². The van der Waals surface area contributed by atoms with Gasteiger partial charge in [0.2, 0.25) is 11.8 Å². The zero-order valence-electron chi connectivity index (χ0n) is 31.4. The second-order valence-electron chi connectivity index (χ2n) is 15.9. The van der Waals surface area contributed by atoms with Crippen molar-refractivity contribution in [3.63, 3.8) is 0 Å². The van der Waals surface area contributed by atoms with Crippen LogP contribution in [0.4, 0.5) is 4.79 Å². The minimum Gasteiger partial charge on any atom is -0.458 e. The molecule has 9 heteroatoms. The average molecular weight is 714 g/mol. The molecule has 0 heterocycles. The van der Waals surface area contributed by atoms with Crippen LogP contribution in [-0.2, 0) is 43.3 Å². The van der Waals surface area contributed by atoms with Gasteiger partial charge in [-0.15, -0.1) is 0 Å². The van der Waals surface area contributed by atoms with Crippen molar-refractivity contribution < 1.29 is 28.7 Å². The fraction of sp³-hybridized carbons (Fsp3) is 0.318. The number of carbonyl (C=O) groups excluding carboxylic acids is 4. The lowest BCUT2D eigenvalue weighted by Gasteiger charge is -2.37. The predicted molar refractivity (Wildman–Crippen MR) is 207 cm³/mol. The second-order valence-corrected chi connectivity index (χ2v) is 15.9. The van der Waals surface area contributed by atoms with Gasteiger partial charge in [0, 0.05) is 12.8 Å². The summed E-state index contributed by atoms with van der Waals surface area (Å²) in [6.45, 7) is 11.5. The van der Waals surface area contributed by atoms with Crippen molar-refractivity contribution in [2.45, 2.75) is 90.1 Å². The van der Waals surface area contributed by atoms with E-state index in [4.69, 9.17) is 9.47 Å². The summed E-state index contributed by atoms with van der Waals surface area (Å²) in [4.78, 5) is 55.7. The highest BCUT2D eigenvalue weighted by Crippen LogP contribution is 2.44. The van der Waals surface area contributed by atoms with Crippen LogP contribution in [0, 0.1) is 0 Å². The number of hydrogen-bond donors (Lipinski definition) is 3. The number of ether oxygens (including phenoxy) is 2. The van der Waals surface area contributed by atoms with Crippen molar-refractivity contribution in [1.29, 1.82) is 0 Å². The van der Waals surface area contributed by atoms with E-state index in [9.17, 15) is 19.2 Å². The molecular weight excluding hydrogens is 666 g/mol. The van der Waals surface area contributed by atoms with E-state index in [-0.39, 0.29) is 19.4 Å². The van der Waals surface area contributed by atoms with Crippen molar-refractivity contribution in [3.05, 3.63) is 120 Å². The Kier molecular flexibility index (Phi) is 9.81. The summed E-state index contributed by atoms with van der Waals surface area (Å²) >= 11 is 0. The summed E-state index contributed by atoms with van der Waals surface area (Å²) in [5, 5.41) is 12.8. The highest BCUT2D eigenvalue weighted by atomic mass is 16.6. The lowest BCUT2D eigenvalue weighted by atomic mass is 9.84. The summed E-state index contributed by atoms with van der Waals surface area (Å²) in [5.74, 6) is -1.80. The van der Waals surface area contributed by atoms with Gasteiger partial charge in [0.05, 0.1) is 0 Å². The van der Waals surface area contributed by atoms with E-state index in [1.165, 1.54) is 0 Å². The lowest BCUT2D eigenvalue weighted by molar-refractivity contribution is -0.163. The number of carbonyl (C=O) groups is 4. The maximum absolute atomic E-state index is 15.0.